The highest BCUT2D eigenvalue weighted by Gasteiger charge is 2.12. The van der Waals surface area contributed by atoms with E-state index in [0.717, 1.165) is 18.5 Å². The van der Waals surface area contributed by atoms with E-state index >= 15 is 0 Å². The lowest BCUT2D eigenvalue weighted by molar-refractivity contribution is 0.203. The molecular weight excluding hydrogens is 286 g/mol. The summed E-state index contributed by atoms with van der Waals surface area (Å²) in [7, 11) is 1.63. The summed E-state index contributed by atoms with van der Waals surface area (Å²) in [5.41, 5.74) is 7.83. The van der Waals surface area contributed by atoms with Gasteiger partial charge in [-0.3, -0.25) is 15.3 Å². The van der Waals surface area contributed by atoms with Gasteiger partial charge in [0, 0.05) is 32.1 Å². The van der Waals surface area contributed by atoms with Crippen molar-refractivity contribution in [1.82, 2.24) is 15.2 Å². The molecule has 1 aromatic heterocycles. The molecule has 0 aliphatic carbocycles. The van der Waals surface area contributed by atoms with Crippen LogP contribution in [0.25, 0.3) is 0 Å². The Labute approximate surface area is 131 Å². The summed E-state index contributed by atoms with van der Waals surface area (Å²) in [4.78, 5) is 5.94. The van der Waals surface area contributed by atoms with Gasteiger partial charge in [0.1, 0.15) is 0 Å². The summed E-state index contributed by atoms with van der Waals surface area (Å²) in [6, 6.07) is 3.97. The van der Waals surface area contributed by atoms with Gasteiger partial charge in [0.2, 0.25) is 0 Å². The van der Waals surface area contributed by atoms with Crippen molar-refractivity contribution in [3.8, 4) is 0 Å². The predicted molar refractivity (Wildman–Crippen MR) is 88.4 cm³/mol. The van der Waals surface area contributed by atoms with Crippen LogP contribution in [0.3, 0.4) is 0 Å². The Balaban J connectivity index is 2.46. The first kappa shape index (κ1) is 17.3. The van der Waals surface area contributed by atoms with Crippen molar-refractivity contribution in [2.75, 3.05) is 26.8 Å². The SMILES string of the molecule is COCCNC(=S)N(CCCc1ncccc1C)C(=N)N. The average Bonchev–Trinajstić information content (AvgIpc) is 2.45. The Bertz CT molecular complexity index is 480. The molecular formula is C14H23N5OS. The fourth-order valence-electron chi connectivity index (χ4n) is 1.87. The zero-order chi connectivity index (χ0) is 15.7. The molecule has 0 fully saturated rings. The van der Waals surface area contributed by atoms with Gasteiger partial charge in [-0.2, -0.15) is 0 Å². The molecule has 4 N–H and O–H groups in total. The number of rotatable bonds is 7. The van der Waals surface area contributed by atoms with Crippen LogP contribution in [-0.4, -0.2) is 47.8 Å². The summed E-state index contributed by atoms with van der Waals surface area (Å²) in [5.74, 6) is -0.0531. The van der Waals surface area contributed by atoms with Crippen LogP contribution >= 0.6 is 12.2 Å². The van der Waals surface area contributed by atoms with Gasteiger partial charge in [-0.15, -0.1) is 0 Å². The van der Waals surface area contributed by atoms with E-state index in [-0.39, 0.29) is 5.96 Å². The molecule has 1 aromatic rings. The van der Waals surface area contributed by atoms with E-state index in [2.05, 4.69) is 10.3 Å². The Morgan fingerprint density at radius 2 is 2.33 bits per heavy atom. The van der Waals surface area contributed by atoms with Crippen molar-refractivity contribution >= 4 is 23.3 Å². The third-order valence-corrected chi connectivity index (χ3v) is 3.40. The third-order valence-electron chi connectivity index (χ3n) is 3.03. The maximum Gasteiger partial charge on any atom is 0.194 e. The van der Waals surface area contributed by atoms with Gasteiger partial charge >= 0.3 is 0 Å². The summed E-state index contributed by atoms with van der Waals surface area (Å²) in [6.07, 6.45) is 3.45. The van der Waals surface area contributed by atoms with E-state index < -0.39 is 0 Å². The molecule has 21 heavy (non-hydrogen) atoms. The second kappa shape index (κ2) is 9.25. The van der Waals surface area contributed by atoms with Gasteiger partial charge in [-0.05, 0) is 43.6 Å². The highest BCUT2D eigenvalue weighted by atomic mass is 32.1. The monoisotopic (exact) mass is 309 g/mol. The molecule has 7 heteroatoms. The summed E-state index contributed by atoms with van der Waals surface area (Å²) in [5, 5.41) is 11.1. The van der Waals surface area contributed by atoms with Gasteiger partial charge in [0.15, 0.2) is 11.1 Å². The molecule has 0 saturated heterocycles. The number of ether oxygens (including phenoxy) is 1. The van der Waals surface area contributed by atoms with Crippen molar-refractivity contribution in [2.24, 2.45) is 5.73 Å². The Morgan fingerprint density at radius 1 is 1.57 bits per heavy atom. The summed E-state index contributed by atoms with van der Waals surface area (Å²) >= 11 is 5.24. The zero-order valence-electron chi connectivity index (χ0n) is 12.6. The average molecular weight is 309 g/mol. The van der Waals surface area contributed by atoms with E-state index in [9.17, 15) is 0 Å². The first-order valence-electron chi connectivity index (χ1n) is 6.85. The Kier molecular flexibility index (Phi) is 7.63. The minimum Gasteiger partial charge on any atom is -0.383 e. The normalized spacial score (nSPS) is 10.2. The molecule has 0 aromatic carbocycles. The number of thiocarbonyl (C=S) groups is 1. The molecule has 0 saturated carbocycles. The smallest absolute Gasteiger partial charge is 0.194 e. The molecule has 0 unspecified atom stereocenters. The van der Waals surface area contributed by atoms with E-state index in [1.54, 1.807) is 18.2 Å². The van der Waals surface area contributed by atoms with Crippen LogP contribution < -0.4 is 11.1 Å². The second-order valence-electron chi connectivity index (χ2n) is 4.63. The zero-order valence-corrected chi connectivity index (χ0v) is 13.4. The third kappa shape index (κ3) is 6.05. The number of hydrogen-bond acceptors (Lipinski definition) is 4. The van der Waals surface area contributed by atoms with Crippen LogP contribution in [0, 0.1) is 12.3 Å². The molecule has 0 atom stereocenters. The molecule has 0 radical (unpaired) electrons. The number of aryl methyl sites for hydroxylation is 2. The van der Waals surface area contributed by atoms with Crippen molar-refractivity contribution in [1.29, 1.82) is 5.41 Å². The molecule has 0 amide bonds. The maximum atomic E-state index is 7.62. The van der Waals surface area contributed by atoms with E-state index in [0.29, 0.717) is 24.8 Å². The van der Waals surface area contributed by atoms with Gasteiger partial charge in [-0.1, -0.05) is 6.07 Å². The molecule has 0 aliphatic heterocycles. The number of nitrogens with one attached hydrogen (secondary N) is 2. The summed E-state index contributed by atoms with van der Waals surface area (Å²) < 4.78 is 4.95. The number of nitrogens with two attached hydrogens (primary N) is 1. The van der Waals surface area contributed by atoms with E-state index in [1.807, 2.05) is 19.1 Å². The highest BCUT2D eigenvalue weighted by molar-refractivity contribution is 7.80. The van der Waals surface area contributed by atoms with Crippen LogP contribution in [0.15, 0.2) is 18.3 Å². The fraction of sp³-hybridized carbons (Fsp3) is 0.500. The second-order valence-corrected chi connectivity index (χ2v) is 5.02. The van der Waals surface area contributed by atoms with E-state index in [4.69, 9.17) is 28.1 Å². The predicted octanol–water partition coefficient (Wildman–Crippen LogP) is 1.04. The summed E-state index contributed by atoms with van der Waals surface area (Å²) in [6.45, 7) is 3.78. The van der Waals surface area contributed by atoms with Gasteiger partial charge in [-0.25, -0.2) is 0 Å². The van der Waals surface area contributed by atoms with Crippen molar-refractivity contribution < 1.29 is 4.74 Å². The van der Waals surface area contributed by atoms with Crippen molar-refractivity contribution in [2.45, 2.75) is 19.8 Å². The van der Waals surface area contributed by atoms with Crippen LogP contribution in [-0.2, 0) is 11.2 Å². The molecule has 0 bridgehead atoms. The van der Waals surface area contributed by atoms with E-state index in [1.165, 1.54) is 5.56 Å². The minimum atomic E-state index is -0.0531. The number of methoxy groups -OCH3 is 1. The van der Waals surface area contributed by atoms with Crippen molar-refractivity contribution in [3.05, 3.63) is 29.6 Å². The Hall–Kier alpha value is -1.73. The Morgan fingerprint density at radius 3 is 2.95 bits per heavy atom. The largest absolute Gasteiger partial charge is 0.383 e. The van der Waals surface area contributed by atoms with Gasteiger partial charge in [0.25, 0.3) is 0 Å². The molecule has 6 nitrogen and oxygen atoms in total. The maximum absolute atomic E-state index is 7.62. The molecule has 1 heterocycles. The minimum absolute atomic E-state index is 0.0531. The number of aromatic nitrogens is 1. The number of nitrogens with zero attached hydrogens (tertiary/aromatic N) is 2. The first-order chi connectivity index (χ1) is 10.1. The molecule has 1 rings (SSSR count). The highest BCUT2D eigenvalue weighted by Crippen LogP contribution is 2.06. The van der Waals surface area contributed by atoms with Crippen LogP contribution in [0.1, 0.15) is 17.7 Å². The lowest BCUT2D eigenvalue weighted by atomic mass is 10.1. The van der Waals surface area contributed by atoms with Crippen LogP contribution in [0.4, 0.5) is 0 Å². The van der Waals surface area contributed by atoms with Gasteiger partial charge in [0.05, 0.1) is 6.61 Å². The molecule has 0 spiro atoms. The number of pyridine rings is 1. The van der Waals surface area contributed by atoms with Crippen LogP contribution in [0.5, 0.6) is 0 Å². The number of hydrogen-bond donors (Lipinski definition) is 3. The fourth-order valence-corrected chi connectivity index (χ4v) is 2.16. The number of guanidine groups is 1. The first-order valence-corrected chi connectivity index (χ1v) is 7.26. The topological polar surface area (TPSA) is 87.3 Å². The van der Waals surface area contributed by atoms with Crippen molar-refractivity contribution in [3.63, 3.8) is 0 Å². The standard InChI is InChI=1S/C14H23N5OS/c1-11-5-3-7-17-12(11)6-4-9-19(13(15)16)14(21)18-8-10-20-2/h3,5,7H,4,6,8-10H2,1-2H3,(H3,15,16)(H,18,21). The lowest BCUT2D eigenvalue weighted by Gasteiger charge is -2.23. The molecule has 116 valence electrons. The lowest BCUT2D eigenvalue weighted by Crippen LogP contribution is -2.47. The quantitative estimate of drug-likeness (QED) is 0.302. The van der Waals surface area contributed by atoms with Gasteiger partial charge < -0.3 is 15.8 Å². The van der Waals surface area contributed by atoms with Crippen LogP contribution in [0.2, 0.25) is 0 Å². The molecule has 0 aliphatic rings.